The number of likely N-dealkylation sites (N-methyl/N-ethyl adjacent to an activating group) is 1. The molecule has 1 heterocycles. The fourth-order valence-electron chi connectivity index (χ4n) is 3.04. The molecule has 2 rings (SSSR count). The minimum Gasteiger partial charge on any atom is -0.356 e. The highest BCUT2D eigenvalue weighted by Crippen LogP contribution is 2.04. The molecular weight excluding hydrogens is 286 g/mol. The summed E-state index contributed by atoms with van der Waals surface area (Å²) in [6, 6.07) is 9.92. The molecule has 1 fully saturated rings. The van der Waals surface area contributed by atoms with Crippen molar-refractivity contribution >= 4 is 5.91 Å². The Hall–Kier alpha value is -1.39. The molecule has 1 aromatic carbocycles. The van der Waals surface area contributed by atoms with Crippen LogP contribution in [0.4, 0.5) is 0 Å². The van der Waals surface area contributed by atoms with Crippen LogP contribution < -0.4 is 5.32 Å². The van der Waals surface area contributed by atoms with Crippen LogP contribution in [0.2, 0.25) is 0 Å². The number of rotatable bonds is 9. The van der Waals surface area contributed by atoms with Crippen molar-refractivity contribution < 1.29 is 4.79 Å². The second-order valence-electron chi connectivity index (χ2n) is 6.35. The van der Waals surface area contributed by atoms with Crippen molar-refractivity contribution in [2.75, 3.05) is 45.8 Å². The second kappa shape index (κ2) is 10.4. The Morgan fingerprint density at radius 1 is 1.00 bits per heavy atom. The fourth-order valence-corrected chi connectivity index (χ4v) is 3.04. The monoisotopic (exact) mass is 317 g/mol. The molecule has 1 amide bonds. The van der Waals surface area contributed by atoms with Gasteiger partial charge in [-0.2, -0.15) is 0 Å². The van der Waals surface area contributed by atoms with E-state index in [2.05, 4.69) is 22.0 Å². The third-order valence-corrected chi connectivity index (χ3v) is 4.59. The fraction of sp³-hybridized carbons (Fsp3) is 0.632. The number of benzene rings is 1. The largest absolute Gasteiger partial charge is 0.356 e. The van der Waals surface area contributed by atoms with Gasteiger partial charge < -0.3 is 15.1 Å². The zero-order valence-corrected chi connectivity index (χ0v) is 14.5. The van der Waals surface area contributed by atoms with Gasteiger partial charge >= 0.3 is 0 Å². The molecule has 0 unspecified atom stereocenters. The predicted octanol–water partition coefficient (Wildman–Crippen LogP) is 2.15. The molecule has 128 valence electrons. The Kier molecular flexibility index (Phi) is 8.12. The predicted molar refractivity (Wildman–Crippen MR) is 95.6 cm³/mol. The SMILES string of the molecule is CCN1CCN(CCCCCNC(=O)Cc2ccccc2)CC1. The van der Waals surface area contributed by atoms with Gasteiger partial charge in [0, 0.05) is 32.7 Å². The van der Waals surface area contributed by atoms with Crippen LogP contribution in [0.3, 0.4) is 0 Å². The normalized spacial score (nSPS) is 16.4. The van der Waals surface area contributed by atoms with E-state index in [1.165, 1.54) is 52.1 Å². The van der Waals surface area contributed by atoms with Gasteiger partial charge in [-0.15, -0.1) is 0 Å². The van der Waals surface area contributed by atoms with Gasteiger partial charge in [-0.25, -0.2) is 0 Å². The van der Waals surface area contributed by atoms with Gasteiger partial charge in [0.05, 0.1) is 6.42 Å². The minimum atomic E-state index is 0.131. The van der Waals surface area contributed by atoms with E-state index in [1.807, 2.05) is 30.3 Å². The number of hydrogen-bond donors (Lipinski definition) is 1. The minimum absolute atomic E-state index is 0.131. The molecule has 0 saturated carbocycles. The molecule has 0 atom stereocenters. The van der Waals surface area contributed by atoms with E-state index in [4.69, 9.17) is 0 Å². The highest BCUT2D eigenvalue weighted by atomic mass is 16.1. The summed E-state index contributed by atoms with van der Waals surface area (Å²) in [4.78, 5) is 16.9. The summed E-state index contributed by atoms with van der Waals surface area (Å²) in [6.45, 7) is 10.3. The average molecular weight is 317 g/mol. The molecule has 1 N–H and O–H groups in total. The molecule has 1 aromatic rings. The van der Waals surface area contributed by atoms with Gasteiger partial charge in [-0.3, -0.25) is 4.79 Å². The van der Waals surface area contributed by atoms with Crippen LogP contribution in [0.5, 0.6) is 0 Å². The Balaban J connectivity index is 1.46. The number of unbranched alkanes of at least 4 members (excludes halogenated alkanes) is 2. The van der Waals surface area contributed by atoms with E-state index in [9.17, 15) is 4.79 Å². The quantitative estimate of drug-likeness (QED) is 0.709. The van der Waals surface area contributed by atoms with E-state index < -0.39 is 0 Å². The maximum absolute atomic E-state index is 11.8. The standard InChI is InChI=1S/C19H31N3O/c1-2-21-13-15-22(16-14-21)12-8-4-7-11-20-19(23)17-18-9-5-3-6-10-18/h3,5-6,9-10H,2,4,7-8,11-17H2,1H3,(H,20,23). The van der Waals surface area contributed by atoms with Gasteiger partial charge in [-0.05, 0) is 31.5 Å². The molecule has 1 saturated heterocycles. The third kappa shape index (κ3) is 7.14. The molecule has 4 nitrogen and oxygen atoms in total. The van der Waals surface area contributed by atoms with Gasteiger partial charge in [0.1, 0.15) is 0 Å². The molecule has 0 aromatic heterocycles. The van der Waals surface area contributed by atoms with Crippen LogP contribution in [-0.2, 0) is 11.2 Å². The molecule has 4 heteroatoms. The first-order valence-electron chi connectivity index (χ1n) is 9.03. The highest BCUT2D eigenvalue weighted by Gasteiger charge is 2.14. The lowest BCUT2D eigenvalue weighted by Gasteiger charge is -2.33. The van der Waals surface area contributed by atoms with Crippen LogP contribution in [0.15, 0.2) is 30.3 Å². The zero-order chi connectivity index (χ0) is 16.3. The summed E-state index contributed by atoms with van der Waals surface area (Å²) in [5.74, 6) is 0.131. The number of nitrogens with zero attached hydrogens (tertiary/aromatic N) is 2. The van der Waals surface area contributed by atoms with Crippen molar-refractivity contribution in [1.29, 1.82) is 0 Å². The van der Waals surface area contributed by atoms with Crippen molar-refractivity contribution in [1.82, 2.24) is 15.1 Å². The topological polar surface area (TPSA) is 35.6 Å². The van der Waals surface area contributed by atoms with Gasteiger partial charge in [0.15, 0.2) is 0 Å². The molecule has 0 radical (unpaired) electrons. The number of amides is 1. The Labute approximate surface area is 140 Å². The summed E-state index contributed by atoms with van der Waals surface area (Å²) in [6.07, 6.45) is 4.00. The van der Waals surface area contributed by atoms with Crippen molar-refractivity contribution in [3.05, 3.63) is 35.9 Å². The van der Waals surface area contributed by atoms with Crippen LogP contribution in [0, 0.1) is 0 Å². The summed E-state index contributed by atoms with van der Waals surface area (Å²) in [5.41, 5.74) is 1.08. The van der Waals surface area contributed by atoms with Gasteiger partial charge in [0.25, 0.3) is 0 Å². The van der Waals surface area contributed by atoms with Crippen LogP contribution in [-0.4, -0.2) is 61.5 Å². The summed E-state index contributed by atoms with van der Waals surface area (Å²) in [7, 11) is 0. The van der Waals surface area contributed by atoms with Crippen molar-refractivity contribution in [3.63, 3.8) is 0 Å². The first-order valence-corrected chi connectivity index (χ1v) is 9.03. The lowest BCUT2D eigenvalue weighted by Crippen LogP contribution is -2.46. The molecule has 0 aliphatic carbocycles. The van der Waals surface area contributed by atoms with Crippen molar-refractivity contribution in [3.8, 4) is 0 Å². The van der Waals surface area contributed by atoms with E-state index >= 15 is 0 Å². The lowest BCUT2D eigenvalue weighted by molar-refractivity contribution is -0.120. The Morgan fingerprint density at radius 3 is 2.39 bits per heavy atom. The number of nitrogens with one attached hydrogen (secondary N) is 1. The molecular formula is C19H31N3O. The van der Waals surface area contributed by atoms with Crippen LogP contribution in [0.1, 0.15) is 31.7 Å². The summed E-state index contributed by atoms with van der Waals surface area (Å²) >= 11 is 0. The highest BCUT2D eigenvalue weighted by molar-refractivity contribution is 5.78. The summed E-state index contributed by atoms with van der Waals surface area (Å²) < 4.78 is 0. The molecule has 1 aliphatic rings. The zero-order valence-electron chi connectivity index (χ0n) is 14.5. The molecule has 0 spiro atoms. The molecule has 1 aliphatic heterocycles. The molecule has 0 bridgehead atoms. The van der Waals surface area contributed by atoms with E-state index in [0.717, 1.165) is 18.5 Å². The van der Waals surface area contributed by atoms with E-state index in [-0.39, 0.29) is 5.91 Å². The number of hydrogen-bond acceptors (Lipinski definition) is 3. The lowest BCUT2D eigenvalue weighted by atomic mass is 10.1. The van der Waals surface area contributed by atoms with Gasteiger partial charge in [-0.1, -0.05) is 43.7 Å². The van der Waals surface area contributed by atoms with Crippen LogP contribution in [0.25, 0.3) is 0 Å². The second-order valence-corrected chi connectivity index (χ2v) is 6.35. The van der Waals surface area contributed by atoms with E-state index in [0.29, 0.717) is 6.42 Å². The van der Waals surface area contributed by atoms with Crippen molar-refractivity contribution in [2.45, 2.75) is 32.6 Å². The number of piperazine rings is 1. The Morgan fingerprint density at radius 2 is 1.70 bits per heavy atom. The number of carbonyl (C=O) groups is 1. The smallest absolute Gasteiger partial charge is 0.224 e. The average Bonchev–Trinajstić information content (AvgIpc) is 2.59. The Bertz CT molecular complexity index is 441. The maximum atomic E-state index is 11.8. The number of carbonyl (C=O) groups excluding carboxylic acids is 1. The first-order chi connectivity index (χ1) is 11.3. The van der Waals surface area contributed by atoms with E-state index in [1.54, 1.807) is 0 Å². The van der Waals surface area contributed by atoms with Gasteiger partial charge in [0.2, 0.25) is 5.91 Å². The summed E-state index contributed by atoms with van der Waals surface area (Å²) in [5, 5.41) is 3.02. The van der Waals surface area contributed by atoms with Crippen molar-refractivity contribution in [2.24, 2.45) is 0 Å². The third-order valence-electron chi connectivity index (χ3n) is 4.59. The molecule has 23 heavy (non-hydrogen) atoms. The first kappa shape index (κ1) is 18.0. The van der Waals surface area contributed by atoms with Crippen LogP contribution >= 0.6 is 0 Å². The maximum Gasteiger partial charge on any atom is 0.224 e.